The Hall–Kier alpha value is -0.120. The highest BCUT2D eigenvalue weighted by atomic mass is 16.3. The first-order chi connectivity index (χ1) is 9.45. The third-order valence-electron chi connectivity index (χ3n) is 5.10. The zero-order valence-corrected chi connectivity index (χ0v) is 14.3. The van der Waals surface area contributed by atoms with Crippen LogP contribution in [-0.2, 0) is 0 Å². The van der Waals surface area contributed by atoms with E-state index in [1.54, 1.807) is 0 Å². The molecule has 0 bridgehead atoms. The van der Waals surface area contributed by atoms with Crippen molar-refractivity contribution >= 4 is 0 Å². The molecule has 0 heterocycles. The highest BCUT2D eigenvalue weighted by Gasteiger charge is 2.42. The van der Waals surface area contributed by atoms with Crippen LogP contribution in [0.5, 0.6) is 0 Å². The predicted octanol–water partition coefficient (Wildman–Crippen LogP) is 3.03. The maximum Gasteiger partial charge on any atom is 0.0616 e. The van der Waals surface area contributed by atoms with Crippen molar-refractivity contribution in [2.45, 2.75) is 83.8 Å². The number of aliphatic hydroxyl groups excluding tert-OH is 1. The molecule has 0 aromatic heterocycles. The maximum absolute atomic E-state index is 9.92. The van der Waals surface area contributed by atoms with Crippen LogP contribution in [-0.4, -0.2) is 47.8 Å². The molecular formula is C17H36N2O. The van der Waals surface area contributed by atoms with E-state index >= 15 is 0 Å². The van der Waals surface area contributed by atoms with Gasteiger partial charge >= 0.3 is 0 Å². The second-order valence-corrected chi connectivity index (χ2v) is 7.11. The van der Waals surface area contributed by atoms with E-state index in [9.17, 15) is 5.11 Å². The van der Waals surface area contributed by atoms with Gasteiger partial charge in [0.05, 0.1) is 6.61 Å². The first kappa shape index (κ1) is 17.9. The maximum atomic E-state index is 9.92. The molecule has 3 heteroatoms. The van der Waals surface area contributed by atoms with Gasteiger partial charge < -0.3 is 15.3 Å². The lowest BCUT2D eigenvalue weighted by atomic mass is 9.84. The van der Waals surface area contributed by atoms with Crippen molar-refractivity contribution in [2.24, 2.45) is 5.92 Å². The van der Waals surface area contributed by atoms with Gasteiger partial charge in [-0.15, -0.1) is 0 Å². The van der Waals surface area contributed by atoms with Gasteiger partial charge in [0, 0.05) is 17.6 Å². The van der Waals surface area contributed by atoms with Gasteiger partial charge in [-0.1, -0.05) is 33.6 Å². The predicted molar refractivity (Wildman–Crippen MR) is 87.0 cm³/mol. The number of nitrogens with zero attached hydrogens (tertiary/aromatic N) is 1. The van der Waals surface area contributed by atoms with E-state index in [1.165, 1.54) is 32.1 Å². The second kappa shape index (κ2) is 8.35. The topological polar surface area (TPSA) is 35.5 Å². The molecule has 2 N–H and O–H groups in total. The summed E-state index contributed by atoms with van der Waals surface area (Å²) in [5.74, 6) is 0.617. The average molecular weight is 284 g/mol. The Kier molecular flexibility index (Phi) is 7.49. The van der Waals surface area contributed by atoms with Crippen molar-refractivity contribution in [1.29, 1.82) is 0 Å². The summed E-state index contributed by atoms with van der Waals surface area (Å²) in [6.07, 6.45) is 7.36. The smallest absolute Gasteiger partial charge is 0.0616 e. The summed E-state index contributed by atoms with van der Waals surface area (Å²) < 4.78 is 0. The summed E-state index contributed by atoms with van der Waals surface area (Å²) in [7, 11) is 2.24. The van der Waals surface area contributed by atoms with Gasteiger partial charge in [0.1, 0.15) is 0 Å². The molecule has 1 rings (SSSR count). The van der Waals surface area contributed by atoms with Gasteiger partial charge in [-0.3, -0.25) is 0 Å². The molecule has 1 aliphatic rings. The second-order valence-electron chi connectivity index (χ2n) is 7.11. The monoisotopic (exact) mass is 284 g/mol. The quantitative estimate of drug-likeness (QED) is 0.683. The van der Waals surface area contributed by atoms with E-state index in [0.29, 0.717) is 18.0 Å². The van der Waals surface area contributed by atoms with Crippen molar-refractivity contribution in [3.63, 3.8) is 0 Å². The average Bonchev–Trinajstić information content (AvgIpc) is 2.78. The van der Waals surface area contributed by atoms with Crippen LogP contribution in [0.4, 0.5) is 0 Å². The van der Waals surface area contributed by atoms with E-state index in [-0.39, 0.29) is 12.1 Å². The zero-order chi connectivity index (χ0) is 15.2. The Morgan fingerprint density at radius 1 is 1.35 bits per heavy atom. The molecule has 0 aromatic carbocycles. The fourth-order valence-corrected chi connectivity index (χ4v) is 3.80. The van der Waals surface area contributed by atoms with Crippen molar-refractivity contribution in [3.05, 3.63) is 0 Å². The minimum Gasteiger partial charge on any atom is -0.394 e. The molecule has 0 aromatic rings. The number of hydrogen-bond acceptors (Lipinski definition) is 3. The summed E-state index contributed by atoms with van der Waals surface area (Å²) in [4.78, 5) is 2.49. The Bertz CT molecular complexity index is 270. The number of rotatable bonds is 9. The van der Waals surface area contributed by atoms with Gasteiger partial charge in [-0.25, -0.2) is 0 Å². The summed E-state index contributed by atoms with van der Waals surface area (Å²) in [5.41, 5.74) is -0.0248. The van der Waals surface area contributed by atoms with Gasteiger partial charge in [0.15, 0.2) is 0 Å². The third kappa shape index (κ3) is 4.71. The number of hydrogen-bond donors (Lipinski definition) is 2. The molecule has 0 radical (unpaired) electrons. The molecule has 20 heavy (non-hydrogen) atoms. The highest BCUT2D eigenvalue weighted by molar-refractivity contribution is 5.00. The lowest BCUT2D eigenvalue weighted by molar-refractivity contribution is 0.102. The van der Waals surface area contributed by atoms with E-state index in [2.05, 4.69) is 45.0 Å². The Labute approximate surface area is 126 Å². The largest absolute Gasteiger partial charge is 0.394 e. The number of nitrogens with one attached hydrogen (secondary N) is 1. The van der Waals surface area contributed by atoms with Gasteiger partial charge in [0.25, 0.3) is 0 Å². The van der Waals surface area contributed by atoms with E-state index in [1.807, 2.05) is 0 Å². The van der Waals surface area contributed by atoms with Crippen molar-refractivity contribution < 1.29 is 5.11 Å². The summed E-state index contributed by atoms with van der Waals surface area (Å²) in [6, 6.07) is 1.11. The Balaban J connectivity index is 2.52. The molecule has 3 nitrogen and oxygen atoms in total. The highest BCUT2D eigenvalue weighted by Crippen LogP contribution is 2.38. The van der Waals surface area contributed by atoms with Gasteiger partial charge in [-0.2, -0.15) is 0 Å². The fraction of sp³-hybridized carbons (Fsp3) is 1.00. The van der Waals surface area contributed by atoms with Crippen molar-refractivity contribution in [3.8, 4) is 0 Å². The normalized spacial score (nSPS) is 28.5. The summed E-state index contributed by atoms with van der Waals surface area (Å²) in [6.45, 7) is 10.4. The summed E-state index contributed by atoms with van der Waals surface area (Å²) in [5, 5.41) is 13.6. The molecule has 0 spiro atoms. The van der Waals surface area contributed by atoms with Crippen molar-refractivity contribution in [2.75, 3.05) is 20.2 Å². The Morgan fingerprint density at radius 2 is 2.05 bits per heavy atom. The van der Waals surface area contributed by atoms with E-state index in [0.717, 1.165) is 13.0 Å². The molecule has 1 saturated carbocycles. The SMILES string of the molecule is CCCC(C)N(C)CCC1CCCC1(CO)NC(C)C. The molecule has 120 valence electrons. The fourth-order valence-electron chi connectivity index (χ4n) is 3.80. The first-order valence-corrected chi connectivity index (χ1v) is 8.54. The molecule has 3 atom stereocenters. The molecule has 0 saturated heterocycles. The van der Waals surface area contributed by atoms with Crippen LogP contribution in [0.15, 0.2) is 0 Å². The van der Waals surface area contributed by atoms with E-state index in [4.69, 9.17) is 0 Å². The lowest BCUT2D eigenvalue weighted by Crippen LogP contribution is -2.54. The third-order valence-corrected chi connectivity index (χ3v) is 5.10. The van der Waals surface area contributed by atoms with Crippen LogP contribution >= 0.6 is 0 Å². The van der Waals surface area contributed by atoms with Crippen LogP contribution in [0.1, 0.15) is 66.2 Å². The zero-order valence-electron chi connectivity index (χ0n) is 14.3. The molecular weight excluding hydrogens is 248 g/mol. The molecule has 0 aliphatic heterocycles. The van der Waals surface area contributed by atoms with Crippen LogP contribution < -0.4 is 5.32 Å². The minimum absolute atomic E-state index is 0.0248. The lowest BCUT2D eigenvalue weighted by Gasteiger charge is -2.38. The first-order valence-electron chi connectivity index (χ1n) is 8.54. The van der Waals surface area contributed by atoms with Gasteiger partial charge in [-0.05, 0) is 52.1 Å². The molecule has 3 unspecified atom stereocenters. The standard InChI is InChI=1S/C17H36N2O/c1-6-8-15(4)19(5)12-10-16-9-7-11-17(16,13-20)18-14(2)3/h14-16,18,20H,6-13H2,1-5H3. The Morgan fingerprint density at radius 3 is 2.60 bits per heavy atom. The number of aliphatic hydroxyl groups is 1. The van der Waals surface area contributed by atoms with E-state index < -0.39 is 0 Å². The van der Waals surface area contributed by atoms with Crippen LogP contribution in [0, 0.1) is 5.92 Å². The summed E-state index contributed by atoms with van der Waals surface area (Å²) >= 11 is 0. The van der Waals surface area contributed by atoms with Gasteiger partial charge in [0.2, 0.25) is 0 Å². The van der Waals surface area contributed by atoms with Crippen LogP contribution in [0.2, 0.25) is 0 Å². The van der Waals surface area contributed by atoms with Crippen molar-refractivity contribution in [1.82, 2.24) is 10.2 Å². The molecule has 1 aliphatic carbocycles. The molecule has 0 amide bonds. The molecule has 1 fully saturated rings. The van der Waals surface area contributed by atoms with Crippen LogP contribution in [0.3, 0.4) is 0 Å². The minimum atomic E-state index is -0.0248. The van der Waals surface area contributed by atoms with Crippen LogP contribution in [0.25, 0.3) is 0 Å².